The van der Waals surface area contributed by atoms with E-state index < -0.39 is 0 Å². The predicted molar refractivity (Wildman–Crippen MR) is 125 cm³/mol. The Labute approximate surface area is 185 Å². The number of anilines is 1. The van der Waals surface area contributed by atoms with Crippen molar-refractivity contribution in [2.24, 2.45) is 0 Å². The van der Waals surface area contributed by atoms with E-state index in [1.165, 1.54) is 24.1 Å². The SMILES string of the molecule is c1ccc(OCC(CN2c3ccccc3OCC2c2ccccc2)N2CCCC2)cc1. The third kappa shape index (κ3) is 4.54. The fourth-order valence-electron chi connectivity index (χ4n) is 4.74. The Kier molecular flexibility index (Phi) is 6.08. The van der Waals surface area contributed by atoms with Gasteiger partial charge < -0.3 is 14.4 Å². The van der Waals surface area contributed by atoms with Crippen LogP contribution in [0.2, 0.25) is 0 Å². The van der Waals surface area contributed by atoms with Crippen LogP contribution < -0.4 is 14.4 Å². The molecule has 160 valence electrons. The number of likely N-dealkylation sites (tertiary alicyclic amines) is 1. The molecule has 0 bridgehead atoms. The van der Waals surface area contributed by atoms with E-state index in [-0.39, 0.29) is 6.04 Å². The summed E-state index contributed by atoms with van der Waals surface area (Å²) in [6.45, 7) is 4.54. The van der Waals surface area contributed by atoms with Gasteiger partial charge in [0.2, 0.25) is 0 Å². The molecule has 0 radical (unpaired) electrons. The molecule has 2 aliphatic rings. The first kappa shape index (κ1) is 20.0. The van der Waals surface area contributed by atoms with Crippen LogP contribution in [0.5, 0.6) is 11.5 Å². The van der Waals surface area contributed by atoms with Crippen LogP contribution in [-0.2, 0) is 0 Å². The standard InChI is InChI=1S/C27H30N2O2/c1-3-11-22(12-4-1)26-21-31-27-16-8-7-15-25(27)29(26)19-23(28-17-9-10-18-28)20-30-24-13-5-2-6-14-24/h1-8,11-16,23,26H,9-10,17-21H2. The van der Waals surface area contributed by atoms with Gasteiger partial charge in [0.25, 0.3) is 0 Å². The van der Waals surface area contributed by atoms with Gasteiger partial charge >= 0.3 is 0 Å². The lowest BCUT2D eigenvalue weighted by Gasteiger charge is -2.42. The second-order valence-corrected chi connectivity index (χ2v) is 8.38. The van der Waals surface area contributed by atoms with Crippen molar-refractivity contribution in [3.8, 4) is 11.5 Å². The Bertz CT molecular complexity index is 957. The maximum absolute atomic E-state index is 6.25. The van der Waals surface area contributed by atoms with E-state index in [4.69, 9.17) is 9.47 Å². The van der Waals surface area contributed by atoms with Crippen LogP contribution >= 0.6 is 0 Å². The van der Waals surface area contributed by atoms with Gasteiger partial charge in [-0.15, -0.1) is 0 Å². The van der Waals surface area contributed by atoms with Crippen molar-refractivity contribution in [1.29, 1.82) is 0 Å². The summed E-state index contributed by atoms with van der Waals surface area (Å²) in [5, 5.41) is 0. The molecule has 4 nitrogen and oxygen atoms in total. The highest BCUT2D eigenvalue weighted by Gasteiger charge is 2.33. The van der Waals surface area contributed by atoms with E-state index in [0.717, 1.165) is 31.1 Å². The molecule has 3 aromatic carbocycles. The molecule has 0 spiro atoms. The lowest BCUT2D eigenvalue weighted by molar-refractivity contribution is 0.155. The molecule has 1 fully saturated rings. The van der Waals surface area contributed by atoms with Gasteiger partial charge in [-0.2, -0.15) is 0 Å². The number of nitrogens with zero attached hydrogens (tertiary/aromatic N) is 2. The fourth-order valence-corrected chi connectivity index (χ4v) is 4.74. The number of para-hydroxylation sites is 3. The molecule has 1 saturated heterocycles. The van der Waals surface area contributed by atoms with Gasteiger partial charge in [-0.05, 0) is 55.8 Å². The van der Waals surface area contributed by atoms with Gasteiger partial charge in [-0.1, -0.05) is 60.7 Å². The lowest BCUT2D eigenvalue weighted by Crippen LogP contribution is -2.49. The van der Waals surface area contributed by atoms with Gasteiger partial charge in [0.05, 0.1) is 17.8 Å². The molecule has 4 heteroatoms. The zero-order chi connectivity index (χ0) is 20.9. The van der Waals surface area contributed by atoms with E-state index in [9.17, 15) is 0 Å². The molecule has 0 amide bonds. The number of rotatable bonds is 7. The number of ether oxygens (including phenoxy) is 2. The minimum atomic E-state index is 0.193. The maximum Gasteiger partial charge on any atom is 0.142 e. The molecule has 2 unspecified atom stereocenters. The van der Waals surface area contributed by atoms with Crippen molar-refractivity contribution >= 4 is 5.69 Å². The first-order chi connectivity index (χ1) is 15.4. The summed E-state index contributed by atoms with van der Waals surface area (Å²) in [4.78, 5) is 5.13. The second-order valence-electron chi connectivity index (χ2n) is 8.38. The monoisotopic (exact) mass is 414 g/mol. The highest BCUT2D eigenvalue weighted by atomic mass is 16.5. The highest BCUT2D eigenvalue weighted by Crippen LogP contribution is 2.39. The van der Waals surface area contributed by atoms with E-state index in [0.29, 0.717) is 19.3 Å². The molecule has 3 aromatic rings. The second kappa shape index (κ2) is 9.44. The third-order valence-electron chi connectivity index (χ3n) is 6.38. The van der Waals surface area contributed by atoms with Crippen molar-refractivity contribution in [2.75, 3.05) is 37.7 Å². The first-order valence-corrected chi connectivity index (χ1v) is 11.3. The largest absolute Gasteiger partial charge is 0.492 e. The van der Waals surface area contributed by atoms with E-state index in [1.54, 1.807) is 0 Å². The van der Waals surface area contributed by atoms with Crippen LogP contribution in [0.4, 0.5) is 5.69 Å². The van der Waals surface area contributed by atoms with Gasteiger partial charge in [0.15, 0.2) is 0 Å². The summed E-state index contributed by atoms with van der Waals surface area (Å²) in [7, 11) is 0. The normalized spacial score (nSPS) is 19.5. The molecule has 0 saturated carbocycles. The zero-order valence-corrected chi connectivity index (χ0v) is 17.9. The Hall–Kier alpha value is -2.98. The highest BCUT2D eigenvalue weighted by molar-refractivity contribution is 5.61. The Morgan fingerprint density at radius 3 is 2.29 bits per heavy atom. The topological polar surface area (TPSA) is 24.9 Å². The summed E-state index contributed by atoms with van der Waals surface area (Å²) in [5.74, 6) is 1.91. The minimum Gasteiger partial charge on any atom is -0.492 e. The van der Waals surface area contributed by atoms with Crippen molar-refractivity contribution < 1.29 is 9.47 Å². The van der Waals surface area contributed by atoms with Crippen molar-refractivity contribution in [3.63, 3.8) is 0 Å². The molecule has 2 aliphatic heterocycles. The molecule has 0 N–H and O–H groups in total. The predicted octanol–water partition coefficient (Wildman–Crippen LogP) is 5.17. The van der Waals surface area contributed by atoms with E-state index in [1.807, 2.05) is 30.3 Å². The molecule has 2 atom stereocenters. The maximum atomic E-state index is 6.25. The summed E-state index contributed by atoms with van der Waals surface area (Å²) in [5.41, 5.74) is 2.47. The number of hydrogen-bond acceptors (Lipinski definition) is 4. The van der Waals surface area contributed by atoms with Crippen LogP contribution in [0.1, 0.15) is 24.4 Å². The Morgan fingerprint density at radius 1 is 0.839 bits per heavy atom. The quantitative estimate of drug-likeness (QED) is 0.532. The molecule has 0 aromatic heterocycles. The summed E-state index contributed by atoms with van der Waals surface area (Å²) >= 11 is 0. The summed E-state index contributed by atoms with van der Waals surface area (Å²) < 4.78 is 12.4. The number of hydrogen-bond donors (Lipinski definition) is 0. The first-order valence-electron chi connectivity index (χ1n) is 11.3. The molecule has 31 heavy (non-hydrogen) atoms. The van der Waals surface area contributed by atoms with E-state index in [2.05, 4.69) is 64.4 Å². The average molecular weight is 415 g/mol. The molecule has 5 rings (SSSR count). The smallest absolute Gasteiger partial charge is 0.142 e. The van der Waals surface area contributed by atoms with Crippen LogP contribution in [0.3, 0.4) is 0 Å². The fraction of sp³-hybridized carbons (Fsp3) is 0.333. The minimum absolute atomic E-state index is 0.193. The van der Waals surface area contributed by atoms with Gasteiger partial charge in [0, 0.05) is 6.54 Å². The molecule has 2 heterocycles. The van der Waals surface area contributed by atoms with E-state index >= 15 is 0 Å². The number of benzene rings is 3. The van der Waals surface area contributed by atoms with Crippen molar-refractivity contribution in [2.45, 2.75) is 24.9 Å². The number of fused-ring (bicyclic) bond motifs is 1. The average Bonchev–Trinajstić information content (AvgIpc) is 3.38. The van der Waals surface area contributed by atoms with Crippen LogP contribution in [0.15, 0.2) is 84.9 Å². The molecular weight excluding hydrogens is 384 g/mol. The Morgan fingerprint density at radius 2 is 1.52 bits per heavy atom. The lowest BCUT2D eigenvalue weighted by atomic mass is 10.0. The van der Waals surface area contributed by atoms with Crippen LogP contribution in [0, 0.1) is 0 Å². The molecular formula is C27H30N2O2. The van der Waals surface area contributed by atoms with Crippen LogP contribution in [-0.4, -0.2) is 43.8 Å². The van der Waals surface area contributed by atoms with Gasteiger partial charge in [-0.3, -0.25) is 4.90 Å². The Balaban J connectivity index is 1.43. The van der Waals surface area contributed by atoms with Gasteiger partial charge in [-0.25, -0.2) is 0 Å². The third-order valence-corrected chi connectivity index (χ3v) is 6.38. The summed E-state index contributed by atoms with van der Waals surface area (Å²) in [6, 6.07) is 29.8. The van der Waals surface area contributed by atoms with Gasteiger partial charge in [0.1, 0.15) is 24.7 Å². The zero-order valence-electron chi connectivity index (χ0n) is 17.9. The summed E-state index contributed by atoms with van der Waals surface area (Å²) in [6.07, 6.45) is 2.54. The van der Waals surface area contributed by atoms with Crippen molar-refractivity contribution in [3.05, 3.63) is 90.5 Å². The molecule has 0 aliphatic carbocycles. The van der Waals surface area contributed by atoms with Crippen molar-refractivity contribution in [1.82, 2.24) is 4.90 Å². The van der Waals surface area contributed by atoms with Crippen LogP contribution in [0.25, 0.3) is 0 Å².